The number of aryl methyl sites for hydroxylation is 1. The van der Waals surface area contributed by atoms with Crippen LogP contribution in [-0.2, 0) is 9.53 Å². The number of para-hydroxylation sites is 1. The molecule has 6 nitrogen and oxygen atoms in total. The van der Waals surface area contributed by atoms with Crippen LogP contribution in [0.4, 0.5) is 0 Å². The van der Waals surface area contributed by atoms with Gasteiger partial charge in [0, 0.05) is 12.2 Å². The van der Waals surface area contributed by atoms with Gasteiger partial charge in [-0.2, -0.15) is 0 Å². The number of amides is 1. The molecule has 0 saturated carbocycles. The first-order chi connectivity index (χ1) is 13.0. The minimum Gasteiger partial charge on any atom is -0.452 e. The van der Waals surface area contributed by atoms with Crippen molar-refractivity contribution in [3.8, 4) is 5.69 Å². The Balaban J connectivity index is 1.75. The molecule has 0 aliphatic heterocycles. The Labute approximate surface area is 158 Å². The van der Waals surface area contributed by atoms with Gasteiger partial charge in [0.15, 0.2) is 6.61 Å². The molecule has 3 rings (SSSR count). The van der Waals surface area contributed by atoms with Gasteiger partial charge in [0.05, 0.1) is 16.6 Å². The molecule has 1 aromatic heterocycles. The summed E-state index contributed by atoms with van der Waals surface area (Å²) in [5.74, 6) is 0.329. The van der Waals surface area contributed by atoms with Gasteiger partial charge in [-0.3, -0.25) is 9.36 Å². The van der Waals surface area contributed by atoms with Crippen LogP contribution in [0.15, 0.2) is 48.5 Å². The molecule has 0 radical (unpaired) electrons. The van der Waals surface area contributed by atoms with Crippen LogP contribution in [0.3, 0.4) is 0 Å². The fourth-order valence-electron chi connectivity index (χ4n) is 2.81. The Morgan fingerprint density at radius 3 is 2.59 bits per heavy atom. The summed E-state index contributed by atoms with van der Waals surface area (Å²) in [6, 6.07) is 15.1. The number of carbonyl (C=O) groups is 2. The zero-order valence-electron chi connectivity index (χ0n) is 15.7. The largest absolute Gasteiger partial charge is 0.452 e. The van der Waals surface area contributed by atoms with E-state index in [9.17, 15) is 9.59 Å². The van der Waals surface area contributed by atoms with E-state index >= 15 is 0 Å². The molecule has 1 amide bonds. The third-order valence-electron chi connectivity index (χ3n) is 4.11. The van der Waals surface area contributed by atoms with Gasteiger partial charge in [-0.25, -0.2) is 9.78 Å². The maximum absolute atomic E-state index is 12.3. The van der Waals surface area contributed by atoms with Crippen molar-refractivity contribution in [3.63, 3.8) is 0 Å². The highest BCUT2D eigenvalue weighted by atomic mass is 16.5. The van der Waals surface area contributed by atoms with Crippen molar-refractivity contribution in [3.05, 3.63) is 59.9 Å². The van der Waals surface area contributed by atoms with Gasteiger partial charge < -0.3 is 10.1 Å². The third-order valence-corrected chi connectivity index (χ3v) is 4.11. The van der Waals surface area contributed by atoms with E-state index in [4.69, 9.17) is 4.74 Å². The number of carbonyl (C=O) groups excluding carboxylic acids is 2. The fraction of sp³-hybridized carbons (Fsp3) is 0.286. The summed E-state index contributed by atoms with van der Waals surface area (Å²) in [4.78, 5) is 28.5. The van der Waals surface area contributed by atoms with Crippen LogP contribution in [0.5, 0.6) is 0 Å². The van der Waals surface area contributed by atoms with Crippen LogP contribution in [0.1, 0.15) is 30.0 Å². The maximum atomic E-state index is 12.3. The molecule has 0 bridgehead atoms. The summed E-state index contributed by atoms with van der Waals surface area (Å²) in [6.45, 7) is 6.18. The molecule has 0 spiro atoms. The smallest absolute Gasteiger partial charge is 0.338 e. The van der Waals surface area contributed by atoms with Gasteiger partial charge in [0.25, 0.3) is 5.91 Å². The van der Waals surface area contributed by atoms with E-state index in [1.54, 1.807) is 12.1 Å². The number of hydrogen-bond acceptors (Lipinski definition) is 4. The lowest BCUT2D eigenvalue weighted by Crippen LogP contribution is -2.31. The highest BCUT2D eigenvalue weighted by Gasteiger charge is 2.14. The van der Waals surface area contributed by atoms with Crippen LogP contribution < -0.4 is 5.32 Å². The van der Waals surface area contributed by atoms with E-state index in [0.29, 0.717) is 23.5 Å². The molecule has 140 valence electrons. The average Bonchev–Trinajstić information content (AvgIpc) is 2.99. The lowest BCUT2D eigenvalue weighted by Gasteiger charge is -2.09. The quantitative estimate of drug-likeness (QED) is 0.681. The topological polar surface area (TPSA) is 73.2 Å². The predicted molar refractivity (Wildman–Crippen MR) is 104 cm³/mol. The first-order valence-electron chi connectivity index (χ1n) is 8.94. The summed E-state index contributed by atoms with van der Waals surface area (Å²) >= 11 is 0. The van der Waals surface area contributed by atoms with Crippen molar-refractivity contribution < 1.29 is 14.3 Å². The molecular weight excluding hydrogens is 342 g/mol. The molecule has 3 aromatic rings. The van der Waals surface area contributed by atoms with E-state index in [1.165, 1.54) is 0 Å². The number of rotatable bonds is 6. The van der Waals surface area contributed by atoms with Gasteiger partial charge in [0.1, 0.15) is 5.82 Å². The van der Waals surface area contributed by atoms with E-state index in [0.717, 1.165) is 17.0 Å². The van der Waals surface area contributed by atoms with Gasteiger partial charge in [-0.05, 0) is 43.2 Å². The molecule has 0 saturated heterocycles. The summed E-state index contributed by atoms with van der Waals surface area (Å²) in [5.41, 5.74) is 2.99. The summed E-state index contributed by atoms with van der Waals surface area (Å²) in [7, 11) is 0. The molecule has 0 atom stereocenters. The first-order valence-corrected chi connectivity index (χ1v) is 8.94. The zero-order valence-corrected chi connectivity index (χ0v) is 15.7. The van der Waals surface area contributed by atoms with Crippen molar-refractivity contribution in [2.45, 2.75) is 20.8 Å². The monoisotopic (exact) mass is 365 g/mol. The second-order valence-electron chi connectivity index (χ2n) is 6.81. The van der Waals surface area contributed by atoms with Crippen molar-refractivity contribution in [2.75, 3.05) is 13.2 Å². The summed E-state index contributed by atoms with van der Waals surface area (Å²) < 4.78 is 7.14. The SMILES string of the molecule is Cc1nc2cc(C(=O)OCC(=O)NCC(C)C)ccc2n1-c1ccccc1. The standard InChI is InChI=1S/C21H23N3O3/c1-14(2)12-22-20(25)13-27-21(26)16-9-10-19-18(11-16)23-15(3)24(19)17-7-5-4-6-8-17/h4-11,14H,12-13H2,1-3H3,(H,22,25). The molecule has 2 aromatic carbocycles. The van der Waals surface area contributed by atoms with E-state index in [-0.39, 0.29) is 12.5 Å². The minimum absolute atomic E-state index is 0.291. The predicted octanol–water partition coefficient (Wildman–Crippen LogP) is 3.26. The number of nitrogens with one attached hydrogen (secondary N) is 1. The Morgan fingerprint density at radius 2 is 1.89 bits per heavy atom. The zero-order chi connectivity index (χ0) is 19.4. The maximum Gasteiger partial charge on any atom is 0.338 e. The molecule has 1 N–H and O–H groups in total. The first kappa shape index (κ1) is 18.6. The van der Waals surface area contributed by atoms with Gasteiger partial charge in [0.2, 0.25) is 0 Å². The molecule has 1 heterocycles. The van der Waals surface area contributed by atoms with Crippen molar-refractivity contribution in [1.29, 1.82) is 0 Å². The number of esters is 1. The van der Waals surface area contributed by atoms with E-state index < -0.39 is 5.97 Å². The Hall–Kier alpha value is -3.15. The van der Waals surface area contributed by atoms with Crippen LogP contribution in [-0.4, -0.2) is 34.6 Å². The fourth-order valence-corrected chi connectivity index (χ4v) is 2.81. The number of aromatic nitrogens is 2. The molecule has 6 heteroatoms. The molecule has 0 aliphatic carbocycles. The van der Waals surface area contributed by atoms with Gasteiger partial charge >= 0.3 is 5.97 Å². The highest BCUT2D eigenvalue weighted by Crippen LogP contribution is 2.22. The van der Waals surface area contributed by atoms with E-state index in [1.807, 2.05) is 61.7 Å². The van der Waals surface area contributed by atoms with Gasteiger partial charge in [-0.1, -0.05) is 32.0 Å². The van der Waals surface area contributed by atoms with Gasteiger partial charge in [-0.15, -0.1) is 0 Å². The Morgan fingerprint density at radius 1 is 1.15 bits per heavy atom. The van der Waals surface area contributed by atoms with Crippen LogP contribution in [0, 0.1) is 12.8 Å². The second kappa shape index (κ2) is 8.03. The normalized spacial score (nSPS) is 11.0. The average molecular weight is 365 g/mol. The minimum atomic E-state index is -0.538. The van der Waals surface area contributed by atoms with E-state index in [2.05, 4.69) is 10.3 Å². The number of imidazole rings is 1. The Bertz CT molecular complexity index is 961. The molecule has 27 heavy (non-hydrogen) atoms. The number of nitrogens with zero attached hydrogens (tertiary/aromatic N) is 2. The number of fused-ring (bicyclic) bond motifs is 1. The van der Waals surface area contributed by atoms with Crippen LogP contribution in [0.2, 0.25) is 0 Å². The second-order valence-corrected chi connectivity index (χ2v) is 6.81. The van der Waals surface area contributed by atoms with Crippen molar-refractivity contribution in [1.82, 2.24) is 14.9 Å². The lowest BCUT2D eigenvalue weighted by molar-refractivity contribution is -0.124. The number of benzene rings is 2. The highest BCUT2D eigenvalue weighted by molar-refractivity contribution is 5.95. The molecular formula is C21H23N3O3. The summed E-state index contributed by atoms with van der Waals surface area (Å²) in [5, 5.41) is 2.72. The van der Waals surface area contributed by atoms with Crippen molar-refractivity contribution in [2.24, 2.45) is 5.92 Å². The Kier molecular flexibility index (Phi) is 5.54. The van der Waals surface area contributed by atoms with Crippen LogP contribution >= 0.6 is 0 Å². The lowest BCUT2D eigenvalue weighted by atomic mass is 10.2. The molecule has 0 unspecified atom stereocenters. The molecule has 0 fully saturated rings. The van der Waals surface area contributed by atoms with Crippen LogP contribution in [0.25, 0.3) is 16.7 Å². The number of ether oxygens (including phenoxy) is 1. The third kappa shape index (κ3) is 4.34. The molecule has 0 aliphatic rings. The van der Waals surface area contributed by atoms with Crippen molar-refractivity contribution >= 4 is 22.9 Å². The number of hydrogen-bond donors (Lipinski definition) is 1. The summed E-state index contributed by atoms with van der Waals surface area (Å²) in [6.07, 6.45) is 0.